The lowest BCUT2D eigenvalue weighted by atomic mass is 10.0. The highest BCUT2D eigenvalue weighted by Crippen LogP contribution is 2.29. The van der Waals surface area contributed by atoms with E-state index in [2.05, 4.69) is 16.3 Å². The van der Waals surface area contributed by atoms with Gasteiger partial charge in [0.25, 0.3) is 0 Å². The van der Waals surface area contributed by atoms with Crippen molar-refractivity contribution in [3.63, 3.8) is 0 Å². The SMILES string of the molecule is COc1ccc(Oc2cccc(N3CCC[C@H](NC(=O)COCC4CC4)C3)c2)cc1. The van der Waals surface area contributed by atoms with Crippen LogP contribution in [0.3, 0.4) is 0 Å². The maximum Gasteiger partial charge on any atom is 0.246 e. The molecular weight excluding hydrogens is 380 g/mol. The molecule has 0 aromatic heterocycles. The van der Waals surface area contributed by atoms with Crippen molar-refractivity contribution in [2.75, 3.05) is 38.3 Å². The quantitative estimate of drug-likeness (QED) is 0.677. The molecule has 1 saturated carbocycles. The molecule has 1 aliphatic carbocycles. The third-order valence-corrected chi connectivity index (χ3v) is 5.55. The average molecular weight is 411 g/mol. The van der Waals surface area contributed by atoms with Crippen LogP contribution in [0.25, 0.3) is 0 Å². The van der Waals surface area contributed by atoms with E-state index in [0.29, 0.717) is 12.5 Å². The third-order valence-electron chi connectivity index (χ3n) is 5.55. The van der Waals surface area contributed by atoms with Crippen LogP contribution in [0, 0.1) is 5.92 Å². The summed E-state index contributed by atoms with van der Waals surface area (Å²) in [5, 5.41) is 3.13. The van der Waals surface area contributed by atoms with Crippen LogP contribution in [0.2, 0.25) is 0 Å². The summed E-state index contributed by atoms with van der Waals surface area (Å²) in [5.74, 6) is 3.02. The number of anilines is 1. The smallest absolute Gasteiger partial charge is 0.246 e. The Balaban J connectivity index is 1.31. The molecule has 30 heavy (non-hydrogen) atoms. The molecule has 1 aliphatic heterocycles. The second-order valence-corrected chi connectivity index (χ2v) is 8.09. The summed E-state index contributed by atoms with van der Waals surface area (Å²) in [6.45, 7) is 2.64. The molecule has 2 fully saturated rings. The number of hydrogen-bond donors (Lipinski definition) is 1. The second-order valence-electron chi connectivity index (χ2n) is 8.09. The van der Waals surface area contributed by atoms with Crippen LogP contribution in [0.4, 0.5) is 5.69 Å². The van der Waals surface area contributed by atoms with Crippen molar-refractivity contribution in [2.24, 2.45) is 5.92 Å². The highest BCUT2D eigenvalue weighted by molar-refractivity contribution is 5.77. The van der Waals surface area contributed by atoms with Crippen molar-refractivity contribution >= 4 is 11.6 Å². The van der Waals surface area contributed by atoms with Crippen molar-refractivity contribution in [2.45, 2.75) is 31.7 Å². The van der Waals surface area contributed by atoms with Crippen LogP contribution in [0.1, 0.15) is 25.7 Å². The van der Waals surface area contributed by atoms with Crippen LogP contribution in [-0.2, 0) is 9.53 Å². The number of methoxy groups -OCH3 is 1. The van der Waals surface area contributed by atoms with Gasteiger partial charge in [0.2, 0.25) is 5.91 Å². The normalized spacial score (nSPS) is 18.7. The first-order valence-electron chi connectivity index (χ1n) is 10.7. The predicted molar refractivity (Wildman–Crippen MR) is 116 cm³/mol. The molecule has 0 bridgehead atoms. The minimum absolute atomic E-state index is 0.0147. The summed E-state index contributed by atoms with van der Waals surface area (Å²) in [6, 6.07) is 15.8. The molecule has 2 aromatic carbocycles. The van der Waals surface area contributed by atoms with E-state index in [1.54, 1.807) is 7.11 Å². The number of hydrogen-bond acceptors (Lipinski definition) is 5. The Hall–Kier alpha value is -2.73. The van der Waals surface area contributed by atoms with Crippen LogP contribution in [0.15, 0.2) is 48.5 Å². The van der Waals surface area contributed by atoms with Crippen molar-refractivity contribution in [1.82, 2.24) is 5.32 Å². The maximum atomic E-state index is 12.2. The van der Waals surface area contributed by atoms with Gasteiger partial charge in [0.1, 0.15) is 23.9 Å². The van der Waals surface area contributed by atoms with Gasteiger partial charge in [-0.15, -0.1) is 0 Å². The molecule has 1 atom stereocenters. The van der Waals surface area contributed by atoms with Crippen molar-refractivity contribution in [3.8, 4) is 17.2 Å². The van der Waals surface area contributed by atoms with E-state index in [1.165, 1.54) is 12.8 Å². The minimum Gasteiger partial charge on any atom is -0.497 e. The second kappa shape index (κ2) is 9.85. The number of amides is 1. The van der Waals surface area contributed by atoms with Gasteiger partial charge >= 0.3 is 0 Å². The van der Waals surface area contributed by atoms with Crippen molar-refractivity contribution in [1.29, 1.82) is 0 Å². The molecular formula is C24H30N2O4. The summed E-state index contributed by atoms with van der Waals surface area (Å²) in [7, 11) is 1.65. The van der Waals surface area contributed by atoms with E-state index < -0.39 is 0 Å². The summed E-state index contributed by atoms with van der Waals surface area (Å²) in [5.41, 5.74) is 1.10. The van der Waals surface area contributed by atoms with Gasteiger partial charge in [-0.25, -0.2) is 0 Å². The molecule has 4 rings (SSSR count). The van der Waals surface area contributed by atoms with Crippen molar-refractivity contribution < 1.29 is 19.0 Å². The molecule has 2 aromatic rings. The van der Waals surface area contributed by atoms with Gasteiger partial charge < -0.3 is 24.4 Å². The Bertz CT molecular complexity index is 835. The molecule has 6 nitrogen and oxygen atoms in total. The first-order valence-corrected chi connectivity index (χ1v) is 10.7. The fourth-order valence-electron chi connectivity index (χ4n) is 3.73. The zero-order valence-electron chi connectivity index (χ0n) is 17.5. The third kappa shape index (κ3) is 5.89. The number of rotatable bonds is 9. The summed E-state index contributed by atoms with van der Waals surface area (Å²) in [6.07, 6.45) is 4.51. The van der Waals surface area contributed by atoms with Gasteiger partial charge in [-0.05, 0) is 68.0 Å². The maximum absolute atomic E-state index is 12.2. The van der Waals surface area contributed by atoms with Crippen LogP contribution in [-0.4, -0.2) is 45.4 Å². The lowest BCUT2D eigenvalue weighted by Gasteiger charge is -2.35. The molecule has 1 N–H and O–H groups in total. The van der Waals surface area contributed by atoms with E-state index in [1.807, 2.05) is 42.5 Å². The number of carbonyl (C=O) groups is 1. The van der Waals surface area contributed by atoms with Gasteiger partial charge in [-0.1, -0.05) is 6.07 Å². The lowest BCUT2D eigenvalue weighted by Crippen LogP contribution is -2.48. The van der Waals surface area contributed by atoms with Gasteiger partial charge in [0.05, 0.1) is 13.7 Å². The van der Waals surface area contributed by atoms with E-state index >= 15 is 0 Å². The number of nitrogens with one attached hydrogen (secondary N) is 1. The first kappa shape index (κ1) is 20.5. The zero-order valence-corrected chi connectivity index (χ0v) is 17.5. The standard InChI is InChI=1S/C24H30N2O4/c1-28-21-9-11-22(12-10-21)30-23-6-2-5-20(14-23)26-13-3-4-19(15-26)25-24(27)17-29-16-18-7-8-18/h2,5-6,9-12,14,18-19H,3-4,7-8,13,15-17H2,1H3,(H,25,27)/t19-/m0/s1. The Labute approximate surface area is 178 Å². The van der Waals surface area contributed by atoms with Gasteiger partial charge in [0, 0.05) is 30.9 Å². The van der Waals surface area contributed by atoms with Crippen LogP contribution < -0.4 is 19.7 Å². The van der Waals surface area contributed by atoms with Crippen LogP contribution >= 0.6 is 0 Å². The zero-order chi connectivity index (χ0) is 20.8. The molecule has 2 aliphatic rings. The first-order chi connectivity index (χ1) is 14.7. The highest BCUT2D eigenvalue weighted by Gasteiger charge is 2.24. The molecule has 160 valence electrons. The Morgan fingerprint density at radius 2 is 1.87 bits per heavy atom. The lowest BCUT2D eigenvalue weighted by molar-refractivity contribution is -0.126. The van der Waals surface area contributed by atoms with E-state index in [-0.39, 0.29) is 18.6 Å². The molecule has 0 radical (unpaired) electrons. The summed E-state index contributed by atoms with van der Waals surface area (Å²) >= 11 is 0. The molecule has 0 unspecified atom stereocenters. The summed E-state index contributed by atoms with van der Waals surface area (Å²) in [4.78, 5) is 14.5. The fraction of sp³-hybridized carbons (Fsp3) is 0.458. The monoisotopic (exact) mass is 410 g/mol. The number of benzene rings is 2. The average Bonchev–Trinajstić information content (AvgIpc) is 3.59. The highest BCUT2D eigenvalue weighted by atomic mass is 16.5. The Morgan fingerprint density at radius 1 is 1.07 bits per heavy atom. The van der Waals surface area contributed by atoms with Gasteiger partial charge in [-0.2, -0.15) is 0 Å². The summed E-state index contributed by atoms with van der Waals surface area (Å²) < 4.78 is 16.7. The van der Waals surface area contributed by atoms with Crippen LogP contribution in [0.5, 0.6) is 17.2 Å². The molecule has 6 heteroatoms. The molecule has 1 amide bonds. The number of piperidine rings is 1. The molecule has 0 spiro atoms. The predicted octanol–water partition coefficient (Wildman–Crippen LogP) is 4.00. The topological polar surface area (TPSA) is 60.0 Å². The van der Waals surface area contributed by atoms with E-state index in [9.17, 15) is 4.79 Å². The number of nitrogens with zero attached hydrogens (tertiary/aromatic N) is 1. The van der Waals surface area contributed by atoms with Crippen molar-refractivity contribution in [3.05, 3.63) is 48.5 Å². The van der Waals surface area contributed by atoms with E-state index in [4.69, 9.17) is 14.2 Å². The molecule has 1 saturated heterocycles. The Morgan fingerprint density at radius 3 is 2.63 bits per heavy atom. The Kier molecular flexibility index (Phi) is 6.74. The van der Waals surface area contributed by atoms with Gasteiger partial charge in [0.15, 0.2) is 0 Å². The molecule has 1 heterocycles. The van der Waals surface area contributed by atoms with Gasteiger partial charge in [-0.3, -0.25) is 4.79 Å². The minimum atomic E-state index is -0.0147. The largest absolute Gasteiger partial charge is 0.497 e. The fourth-order valence-corrected chi connectivity index (χ4v) is 3.73. The number of carbonyl (C=O) groups excluding carboxylic acids is 1. The number of ether oxygens (including phenoxy) is 3. The van der Waals surface area contributed by atoms with E-state index in [0.717, 1.165) is 48.9 Å².